The van der Waals surface area contributed by atoms with Crippen LogP contribution in [0.15, 0.2) is 21.3 Å². The second-order valence-electron chi connectivity index (χ2n) is 3.54. The lowest BCUT2D eigenvalue weighted by atomic mass is 10.4. The Labute approximate surface area is 134 Å². The van der Waals surface area contributed by atoms with E-state index in [-0.39, 0.29) is 18.3 Å². The summed E-state index contributed by atoms with van der Waals surface area (Å²) in [6, 6.07) is 3.96. The lowest BCUT2D eigenvalue weighted by molar-refractivity contribution is 0.0949. The minimum Gasteiger partial charge on any atom is -0.351 e. The average Bonchev–Trinajstić information content (AvgIpc) is 2.97. The van der Waals surface area contributed by atoms with Gasteiger partial charge in [0.25, 0.3) is 5.91 Å². The highest BCUT2D eigenvalue weighted by Gasteiger charge is 2.12. The van der Waals surface area contributed by atoms with Crippen molar-refractivity contribution in [3.63, 3.8) is 0 Å². The molecule has 19 heavy (non-hydrogen) atoms. The van der Waals surface area contributed by atoms with Crippen molar-refractivity contribution in [2.24, 2.45) is 5.73 Å². The number of carbonyl (C=O) groups excluding carboxylic acids is 1. The molecular weight excluding hydrogens is 370 g/mol. The van der Waals surface area contributed by atoms with Gasteiger partial charge in [0.05, 0.1) is 8.66 Å². The molecule has 0 saturated carbocycles. The van der Waals surface area contributed by atoms with Crippen molar-refractivity contribution in [3.8, 4) is 9.88 Å². The first-order valence-corrected chi connectivity index (χ1v) is 7.89. The lowest BCUT2D eigenvalue weighted by Gasteiger charge is -2.00. The van der Waals surface area contributed by atoms with Gasteiger partial charge in [0.2, 0.25) is 0 Å². The monoisotopic (exact) mass is 381 g/mol. The number of carbonyl (C=O) groups is 1. The Morgan fingerprint density at radius 3 is 2.89 bits per heavy atom. The van der Waals surface area contributed by atoms with E-state index >= 15 is 0 Å². The standard InChI is InChI=1S/C11H12BrN3OS2.ClH/c12-9-3-2-8(18-9)11-15-7(6-17-11)10(16)14-5-1-4-13;/h2-3,6H,1,4-5,13H2,(H,14,16);1H. The number of rotatable bonds is 5. The molecular formula is C11H13BrClN3OS2. The van der Waals surface area contributed by atoms with E-state index in [1.165, 1.54) is 11.3 Å². The fourth-order valence-electron chi connectivity index (χ4n) is 1.31. The van der Waals surface area contributed by atoms with Crippen LogP contribution in [0.5, 0.6) is 0 Å². The maximum atomic E-state index is 11.8. The van der Waals surface area contributed by atoms with E-state index in [1.807, 2.05) is 12.1 Å². The summed E-state index contributed by atoms with van der Waals surface area (Å²) in [6.45, 7) is 1.17. The summed E-state index contributed by atoms with van der Waals surface area (Å²) >= 11 is 6.49. The minimum atomic E-state index is -0.137. The molecule has 0 aliphatic rings. The molecule has 0 atom stereocenters. The molecule has 0 spiro atoms. The maximum absolute atomic E-state index is 11.8. The molecule has 2 aromatic heterocycles. The van der Waals surface area contributed by atoms with Crippen LogP contribution in [0.25, 0.3) is 9.88 Å². The Balaban J connectivity index is 0.00000180. The van der Waals surface area contributed by atoms with Crippen LogP contribution in [0.4, 0.5) is 0 Å². The van der Waals surface area contributed by atoms with E-state index in [0.717, 1.165) is 20.1 Å². The Morgan fingerprint density at radius 1 is 1.47 bits per heavy atom. The molecule has 0 radical (unpaired) electrons. The molecule has 4 nitrogen and oxygen atoms in total. The van der Waals surface area contributed by atoms with Crippen molar-refractivity contribution < 1.29 is 4.79 Å². The molecule has 0 unspecified atom stereocenters. The van der Waals surface area contributed by atoms with Crippen molar-refractivity contribution >= 4 is 56.9 Å². The number of amides is 1. The van der Waals surface area contributed by atoms with Crippen molar-refractivity contribution in [2.75, 3.05) is 13.1 Å². The summed E-state index contributed by atoms with van der Waals surface area (Å²) in [5.74, 6) is -0.137. The van der Waals surface area contributed by atoms with Gasteiger partial charge in [-0.25, -0.2) is 4.98 Å². The van der Waals surface area contributed by atoms with Crippen molar-refractivity contribution in [1.82, 2.24) is 10.3 Å². The van der Waals surface area contributed by atoms with Gasteiger partial charge in [-0.15, -0.1) is 35.1 Å². The zero-order valence-electron chi connectivity index (χ0n) is 9.89. The number of hydrogen-bond donors (Lipinski definition) is 2. The summed E-state index contributed by atoms with van der Waals surface area (Å²) in [5, 5.41) is 5.44. The first-order chi connectivity index (χ1) is 8.70. The quantitative estimate of drug-likeness (QED) is 0.781. The predicted octanol–water partition coefficient (Wildman–Crippen LogP) is 3.13. The summed E-state index contributed by atoms with van der Waals surface area (Å²) < 4.78 is 1.06. The van der Waals surface area contributed by atoms with Gasteiger partial charge >= 0.3 is 0 Å². The number of nitrogens with two attached hydrogens (primary N) is 1. The van der Waals surface area contributed by atoms with Gasteiger partial charge in [-0.1, -0.05) is 0 Å². The summed E-state index contributed by atoms with van der Waals surface area (Å²) in [5.41, 5.74) is 5.84. The highest BCUT2D eigenvalue weighted by molar-refractivity contribution is 9.11. The van der Waals surface area contributed by atoms with Gasteiger partial charge in [0.15, 0.2) is 0 Å². The molecule has 8 heteroatoms. The van der Waals surface area contributed by atoms with Crippen LogP contribution >= 0.6 is 51.0 Å². The molecule has 0 bridgehead atoms. The van der Waals surface area contributed by atoms with Crippen LogP contribution in [-0.2, 0) is 0 Å². The third-order valence-electron chi connectivity index (χ3n) is 2.19. The first-order valence-electron chi connectivity index (χ1n) is 5.40. The molecule has 0 saturated heterocycles. The van der Waals surface area contributed by atoms with Crippen LogP contribution in [0.3, 0.4) is 0 Å². The predicted molar refractivity (Wildman–Crippen MR) is 86.4 cm³/mol. The van der Waals surface area contributed by atoms with Crippen molar-refractivity contribution in [3.05, 3.63) is 27.0 Å². The maximum Gasteiger partial charge on any atom is 0.270 e. The Kier molecular flexibility index (Phi) is 6.95. The zero-order chi connectivity index (χ0) is 13.0. The van der Waals surface area contributed by atoms with E-state index in [4.69, 9.17) is 5.73 Å². The largest absolute Gasteiger partial charge is 0.351 e. The Hall–Kier alpha value is -0.470. The molecule has 3 N–H and O–H groups in total. The number of thiophene rings is 1. The number of hydrogen-bond acceptors (Lipinski definition) is 5. The van der Waals surface area contributed by atoms with Gasteiger partial charge < -0.3 is 11.1 Å². The van der Waals surface area contributed by atoms with Gasteiger partial charge in [-0.2, -0.15) is 0 Å². The van der Waals surface area contributed by atoms with Crippen LogP contribution in [0.1, 0.15) is 16.9 Å². The molecule has 0 aromatic carbocycles. The molecule has 0 fully saturated rings. The SMILES string of the molecule is Cl.NCCCNC(=O)c1csc(-c2ccc(Br)s2)n1. The van der Waals surface area contributed by atoms with Gasteiger partial charge in [-0.3, -0.25) is 4.79 Å². The van der Waals surface area contributed by atoms with Crippen LogP contribution in [-0.4, -0.2) is 24.0 Å². The fourth-order valence-corrected chi connectivity index (χ4v) is 3.57. The van der Waals surface area contributed by atoms with Crippen LogP contribution < -0.4 is 11.1 Å². The smallest absolute Gasteiger partial charge is 0.270 e. The fraction of sp³-hybridized carbons (Fsp3) is 0.273. The zero-order valence-corrected chi connectivity index (χ0v) is 13.9. The number of aromatic nitrogens is 1. The average molecular weight is 383 g/mol. The highest BCUT2D eigenvalue weighted by atomic mass is 79.9. The van der Waals surface area contributed by atoms with Crippen LogP contribution in [0.2, 0.25) is 0 Å². The van der Waals surface area contributed by atoms with E-state index in [9.17, 15) is 4.79 Å². The topological polar surface area (TPSA) is 68.0 Å². The highest BCUT2D eigenvalue weighted by Crippen LogP contribution is 2.33. The minimum absolute atomic E-state index is 0. The van der Waals surface area contributed by atoms with Gasteiger partial charge in [-0.05, 0) is 41.0 Å². The normalized spacial score (nSPS) is 10.0. The molecule has 0 aliphatic carbocycles. The van der Waals surface area contributed by atoms with E-state index < -0.39 is 0 Å². The first kappa shape index (κ1) is 16.6. The van der Waals surface area contributed by atoms with E-state index in [1.54, 1.807) is 16.7 Å². The number of thiazole rings is 1. The Morgan fingerprint density at radius 2 is 2.26 bits per heavy atom. The summed E-state index contributed by atoms with van der Waals surface area (Å²) in [4.78, 5) is 17.2. The number of halogens is 2. The summed E-state index contributed by atoms with van der Waals surface area (Å²) in [6.07, 6.45) is 0.778. The van der Waals surface area contributed by atoms with Crippen molar-refractivity contribution in [1.29, 1.82) is 0 Å². The molecule has 2 rings (SSSR count). The van der Waals surface area contributed by atoms with E-state index in [0.29, 0.717) is 18.8 Å². The molecule has 1 amide bonds. The van der Waals surface area contributed by atoms with Crippen LogP contribution in [0, 0.1) is 0 Å². The molecule has 104 valence electrons. The molecule has 2 heterocycles. The Bertz CT molecular complexity index is 544. The third kappa shape index (κ3) is 4.54. The van der Waals surface area contributed by atoms with Gasteiger partial charge in [0.1, 0.15) is 10.7 Å². The lowest BCUT2D eigenvalue weighted by Crippen LogP contribution is -2.26. The third-order valence-corrected chi connectivity index (χ3v) is 4.82. The molecule has 0 aliphatic heterocycles. The second-order valence-corrected chi connectivity index (χ2v) is 6.86. The summed E-state index contributed by atoms with van der Waals surface area (Å²) in [7, 11) is 0. The number of nitrogens with zero attached hydrogens (tertiary/aromatic N) is 1. The van der Waals surface area contributed by atoms with Gasteiger partial charge in [0, 0.05) is 11.9 Å². The number of nitrogens with one attached hydrogen (secondary N) is 1. The van der Waals surface area contributed by atoms with E-state index in [2.05, 4.69) is 26.2 Å². The van der Waals surface area contributed by atoms with Crippen molar-refractivity contribution in [2.45, 2.75) is 6.42 Å². The second kappa shape index (κ2) is 7.96. The molecule has 2 aromatic rings.